The SMILES string of the molecule is C=CCCC(=O)NC[C@@H](OC(=O)[C@@H]1[C@H]2O[C@@]3(CC2Br)[C@H](C(=O)N(CC=C)c2cc(C)ccc2C)N(CCO)C(=O)[C@@H]13)c1ccccc1. The van der Waals surface area contributed by atoms with Crippen LogP contribution in [0.4, 0.5) is 5.69 Å². The Balaban J connectivity index is 1.48. The van der Waals surface area contributed by atoms with Crippen molar-refractivity contribution in [2.24, 2.45) is 11.8 Å². The van der Waals surface area contributed by atoms with Gasteiger partial charge in [-0.3, -0.25) is 19.2 Å². The summed E-state index contributed by atoms with van der Waals surface area (Å²) < 4.78 is 12.7. The molecule has 250 valence electrons. The first-order chi connectivity index (χ1) is 22.6. The number of fused-ring (bicyclic) bond motifs is 1. The number of anilines is 1. The highest BCUT2D eigenvalue weighted by molar-refractivity contribution is 9.09. The van der Waals surface area contributed by atoms with Gasteiger partial charge in [-0.25, -0.2) is 0 Å². The van der Waals surface area contributed by atoms with Crippen LogP contribution in [-0.4, -0.2) is 82.5 Å². The fourth-order valence-electron chi connectivity index (χ4n) is 7.26. The van der Waals surface area contributed by atoms with Crippen LogP contribution in [0.15, 0.2) is 73.8 Å². The average Bonchev–Trinajstić information content (AvgIpc) is 3.65. The highest BCUT2D eigenvalue weighted by atomic mass is 79.9. The molecule has 0 aliphatic carbocycles. The molecule has 2 aromatic rings. The minimum absolute atomic E-state index is 0.0373. The van der Waals surface area contributed by atoms with Gasteiger partial charge >= 0.3 is 5.97 Å². The number of carbonyl (C=O) groups is 4. The van der Waals surface area contributed by atoms with Gasteiger partial charge in [0.2, 0.25) is 11.8 Å². The van der Waals surface area contributed by atoms with E-state index in [1.165, 1.54) is 4.90 Å². The van der Waals surface area contributed by atoms with Gasteiger partial charge in [-0.05, 0) is 49.4 Å². The maximum absolute atomic E-state index is 14.7. The number of β-amino-alcohol motifs (C(OH)–C–C–N with tert-alkyl or cyclic N) is 1. The number of alkyl halides is 1. The van der Waals surface area contributed by atoms with E-state index in [0.717, 1.165) is 11.1 Å². The Labute approximate surface area is 283 Å². The number of amides is 3. The molecule has 3 fully saturated rings. The smallest absolute Gasteiger partial charge is 0.313 e. The number of hydrogen-bond acceptors (Lipinski definition) is 7. The maximum Gasteiger partial charge on any atom is 0.313 e. The molecule has 1 spiro atoms. The predicted octanol–water partition coefficient (Wildman–Crippen LogP) is 3.93. The van der Waals surface area contributed by atoms with Crippen LogP contribution in [0.1, 0.15) is 42.1 Å². The molecule has 1 unspecified atom stereocenters. The van der Waals surface area contributed by atoms with E-state index < -0.39 is 47.6 Å². The van der Waals surface area contributed by atoms with Crippen LogP contribution < -0.4 is 10.2 Å². The van der Waals surface area contributed by atoms with Gasteiger partial charge in [0.1, 0.15) is 17.7 Å². The monoisotopic (exact) mass is 707 g/mol. The number of benzene rings is 2. The van der Waals surface area contributed by atoms with Gasteiger partial charge in [-0.2, -0.15) is 0 Å². The lowest BCUT2D eigenvalue weighted by molar-refractivity contribution is -0.160. The van der Waals surface area contributed by atoms with Gasteiger partial charge in [-0.1, -0.05) is 70.5 Å². The number of ether oxygens (including phenoxy) is 2. The Morgan fingerprint density at radius 3 is 2.62 bits per heavy atom. The molecule has 11 heteroatoms. The molecular formula is C36H42BrN3O7. The van der Waals surface area contributed by atoms with Crippen molar-refractivity contribution in [3.8, 4) is 0 Å². The Kier molecular flexibility index (Phi) is 10.7. The lowest BCUT2D eigenvalue weighted by Crippen LogP contribution is -2.57. The molecular weight excluding hydrogens is 666 g/mol. The topological polar surface area (TPSA) is 125 Å². The van der Waals surface area contributed by atoms with Crippen LogP contribution in [0.5, 0.6) is 0 Å². The first-order valence-corrected chi connectivity index (χ1v) is 16.8. The fourth-order valence-corrected chi connectivity index (χ4v) is 8.21. The van der Waals surface area contributed by atoms with Gasteiger partial charge in [-0.15, -0.1) is 13.2 Å². The third-order valence-corrected chi connectivity index (χ3v) is 10.2. The minimum atomic E-state index is -1.33. The van der Waals surface area contributed by atoms with E-state index in [-0.39, 0.29) is 49.3 Å². The number of halogens is 1. The highest BCUT2D eigenvalue weighted by Crippen LogP contribution is 2.60. The number of nitrogens with one attached hydrogen (secondary N) is 1. The lowest BCUT2D eigenvalue weighted by atomic mass is 9.70. The standard InChI is InChI=1S/C36H42BrN3O7/c1-5-7-13-28(42)38-21-27(24-11-9-8-10-12-24)46-35(45)29-30-33(43)40(17-18-41)32(36(30)20-25(37)31(29)47-36)34(44)39(16-6-2)26-19-22(3)14-15-23(26)4/h5-6,8-12,14-15,19,25,27,29-32,41H,1-2,7,13,16-18,20-21H2,3-4H3,(H,38,42)/t25?,27-,29+,30-,31+,32+,36-/m1/s1. The maximum atomic E-state index is 14.7. The zero-order chi connectivity index (χ0) is 33.9. The summed E-state index contributed by atoms with van der Waals surface area (Å²) in [6.07, 6.45) is 2.81. The first-order valence-electron chi connectivity index (χ1n) is 15.9. The Morgan fingerprint density at radius 1 is 1.19 bits per heavy atom. The molecule has 7 atom stereocenters. The molecule has 3 aliphatic rings. The van der Waals surface area contributed by atoms with Crippen LogP contribution in [-0.2, 0) is 28.7 Å². The molecule has 0 aromatic heterocycles. The van der Waals surface area contributed by atoms with E-state index in [1.54, 1.807) is 29.2 Å². The molecule has 2 bridgehead atoms. The van der Waals surface area contributed by atoms with Crippen molar-refractivity contribution < 1.29 is 33.8 Å². The highest BCUT2D eigenvalue weighted by Gasteiger charge is 2.77. The van der Waals surface area contributed by atoms with Gasteiger partial charge in [0.15, 0.2) is 0 Å². The number of aryl methyl sites for hydroxylation is 2. The molecule has 47 heavy (non-hydrogen) atoms. The van der Waals surface area contributed by atoms with Gasteiger partial charge in [0.25, 0.3) is 5.91 Å². The molecule has 2 N–H and O–H groups in total. The second-order valence-electron chi connectivity index (χ2n) is 12.4. The third kappa shape index (κ3) is 6.53. The predicted molar refractivity (Wildman–Crippen MR) is 181 cm³/mol. The van der Waals surface area contributed by atoms with E-state index in [0.29, 0.717) is 24.1 Å². The summed E-state index contributed by atoms with van der Waals surface area (Å²) in [6, 6.07) is 13.8. The number of hydrogen-bond donors (Lipinski definition) is 2. The second kappa shape index (κ2) is 14.5. The molecule has 10 nitrogen and oxygen atoms in total. The van der Waals surface area contributed by atoms with Crippen LogP contribution in [0, 0.1) is 25.7 Å². The number of aliphatic hydroxyl groups is 1. The molecule has 0 saturated carbocycles. The van der Waals surface area contributed by atoms with E-state index >= 15 is 0 Å². The summed E-state index contributed by atoms with van der Waals surface area (Å²) in [5.74, 6) is -3.68. The summed E-state index contributed by atoms with van der Waals surface area (Å²) >= 11 is 3.69. The summed E-state index contributed by atoms with van der Waals surface area (Å²) in [7, 11) is 0. The molecule has 3 heterocycles. The van der Waals surface area contributed by atoms with Gasteiger partial charge < -0.3 is 29.7 Å². The molecule has 3 saturated heterocycles. The van der Waals surface area contributed by atoms with Gasteiger partial charge in [0.05, 0.1) is 31.1 Å². The Morgan fingerprint density at radius 2 is 1.94 bits per heavy atom. The van der Waals surface area contributed by atoms with Crippen LogP contribution >= 0.6 is 15.9 Å². The molecule has 2 aromatic carbocycles. The number of aliphatic hydroxyl groups excluding tert-OH is 1. The van der Waals surface area contributed by atoms with Crippen molar-refractivity contribution in [1.82, 2.24) is 10.2 Å². The fraction of sp³-hybridized carbons (Fsp3) is 0.444. The average molecular weight is 709 g/mol. The van der Waals surface area contributed by atoms with Crippen molar-refractivity contribution >= 4 is 45.3 Å². The summed E-state index contributed by atoms with van der Waals surface area (Å²) in [6.45, 7) is 11.1. The van der Waals surface area contributed by atoms with E-state index in [9.17, 15) is 24.3 Å². The number of allylic oxidation sites excluding steroid dienone is 1. The molecule has 3 amide bonds. The van der Waals surface area contributed by atoms with Gasteiger partial charge in [0, 0.05) is 30.0 Å². The minimum Gasteiger partial charge on any atom is -0.455 e. The summed E-state index contributed by atoms with van der Waals surface area (Å²) in [4.78, 5) is 58.2. The zero-order valence-electron chi connectivity index (χ0n) is 26.8. The third-order valence-electron chi connectivity index (χ3n) is 9.36. The second-order valence-corrected chi connectivity index (χ2v) is 13.6. The normalized spacial score (nSPS) is 26.4. The number of rotatable bonds is 14. The first kappa shape index (κ1) is 34.5. The van der Waals surface area contributed by atoms with E-state index in [2.05, 4.69) is 34.4 Å². The Hall–Kier alpha value is -3.80. The number of likely N-dealkylation sites (tertiary alicyclic amines) is 1. The van der Waals surface area contributed by atoms with Crippen LogP contribution in [0.25, 0.3) is 0 Å². The lowest BCUT2D eigenvalue weighted by Gasteiger charge is -2.37. The van der Waals surface area contributed by atoms with Crippen molar-refractivity contribution in [2.75, 3.05) is 31.1 Å². The number of esters is 1. The Bertz CT molecular complexity index is 1530. The van der Waals surface area contributed by atoms with Crippen molar-refractivity contribution in [3.05, 3.63) is 90.5 Å². The van der Waals surface area contributed by atoms with Crippen molar-refractivity contribution in [3.63, 3.8) is 0 Å². The largest absolute Gasteiger partial charge is 0.455 e. The zero-order valence-corrected chi connectivity index (χ0v) is 28.4. The van der Waals surface area contributed by atoms with Crippen LogP contribution in [0.2, 0.25) is 0 Å². The van der Waals surface area contributed by atoms with E-state index in [1.807, 2.05) is 50.2 Å². The van der Waals surface area contributed by atoms with Crippen molar-refractivity contribution in [1.29, 1.82) is 0 Å². The number of nitrogens with zero attached hydrogens (tertiary/aromatic N) is 2. The number of carbonyl (C=O) groups excluding carboxylic acids is 4. The summed E-state index contributed by atoms with van der Waals surface area (Å²) in [5, 5.41) is 12.9. The van der Waals surface area contributed by atoms with E-state index in [4.69, 9.17) is 9.47 Å². The molecule has 0 radical (unpaired) electrons. The quantitative estimate of drug-likeness (QED) is 0.173. The van der Waals surface area contributed by atoms with Crippen molar-refractivity contribution in [2.45, 2.75) is 61.8 Å². The van der Waals surface area contributed by atoms with Crippen LogP contribution in [0.3, 0.4) is 0 Å². The molecule has 5 rings (SSSR count). The summed E-state index contributed by atoms with van der Waals surface area (Å²) in [5.41, 5.74) is 1.87. The molecule has 3 aliphatic heterocycles.